The van der Waals surface area contributed by atoms with Gasteiger partial charge in [-0.2, -0.15) is 13.2 Å². The zero-order chi connectivity index (χ0) is 21.3. The van der Waals surface area contributed by atoms with Gasteiger partial charge >= 0.3 is 6.18 Å². The number of aliphatic hydroxyl groups excluding tert-OH is 1. The number of rotatable bonds is 6. The van der Waals surface area contributed by atoms with E-state index in [4.69, 9.17) is 11.6 Å². The number of alkyl halides is 3. The Morgan fingerprint density at radius 3 is 2.54 bits per heavy atom. The predicted molar refractivity (Wildman–Crippen MR) is 93.0 cm³/mol. The number of aliphatic hydroxyl groups is 1. The first-order valence-electron chi connectivity index (χ1n) is 8.24. The number of carbonyl (C=O) groups is 2. The van der Waals surface area contributed by atoms with E-state index in [-0.39, 0.29) is 28.9 Å². The molecule has 0 bridgehead atoms. The van der Waals surface area contributed by atoms with Crippen LogP contribution < -0.4 is 0 Å². The highest BCUT2D eigenvalue weighted by Gasteiger charge is 2.38. The van der Waals surface area contributed by atoms with Crippen LogP contribution in [0.5, 0.6) is 0 Å². The van der Waals surface area contributed by atoms with Crippen molar-refractivity contribution in [3.63, 3.8) is 0 Å². The Balaban J connectivity index is 2.45. The standard InChI is InChI=1S/C17H18ClF3O6S/c1-28(25,26)13-6-5-9(15(18)10(13)7-27-8-17(19,20)21)16(24)14-11(22)3-2-4-12(14)23/h5-6,11,14,22H,2-4,7-8H2,1H3. The Bertz CT molecular complexity index is 882. The van der Waals surface area contributed by atoms with Gasteiger partial charge in [0.25, 0.3) is 0 Å². The largest absolute Gasteiger partial charge is 0.411 e. The topological polar surface area (TPSA) is 97.7 Å². The number of ketones is 2. The number of sulfone groups is 1. The minimum Gasteiger partial charge on any atom is -0.392 e. The minimum atomic E-state index is -4.64. The van der Waals surface area contributed by atoms with Crippen LogP contribution in [-0.2, 0) is 26.0 Å². The summed E-state index contributed by atoms with van der Waals surface area (Å²) in [5.74, 6) is -2.62. The summed E-state index contributed by atoms with van der Waals surface area (Å²) in [6.45, 7) is -2.44. The molecule has 156 valence electrons. The molecular formula is C17H18ClF3O6S. The number of carbonyl (C=O) groups excluding carboxylic acids is 2. The summed E-state index contributed by atoms with van der Waals surface area (Å²) in [6.07, 6.45) is -4.23. The van der Waals surface area contributed by atoms with Gasteiger partial charge in [-0.3, -0.25) is 9.59 Å². The molecule has 11 heteroatoms. The molecule has 1 aliphatic carbocycles. The van der Waals surface area contributed by atoms with Crippen molar-refractivity contribution in [3.05, 3.63) is 28.3 Å². The van der Waals surface area contributed by atoms with Gasteiger partial charge in [-0.1, -0.05) is 11.6 Å². The molecule has 0 spiro atoms. The molecule has 28 heavy (non-hydrogen) atoms. The summed E-state index contributed by atoms with van der Waals surface area (Å²) in [5, 5.41) is 9.60. The first kappa shape index (κ1) is 22.8. The second-order valence-electron chi connectivity index (χ2n) is 6.55. The summed E-state index contributed by atoms with van der Waals surface area (Å²) in [7, 11) is -3.88. The van der Waals surface area contributed by atoms with E-state index in [0.717, 1.165) is 18.4 Å². The fourth-order valence-corrected chi connectivity index (χ4v) is 4.35. The first-order valence-corrected chi connectivity index (χ1v) is 10.5. The van der Waals surface area contributed by atoms with E-state index in [2.05, 4.69) is 4.74 Å². The highest BCUT2D eigenvalue weighted by molar-refractivity contribution is 7.90. The highest BCUT2D eigenvalue weighted by atomic mass is 35.5. The molecule has 2 atom stereocenters. The fourth-order valence-electron chi connectivity index (χ4n) is 3.06. The normalized spacial score (nSPS) is 21.0. The summed E-state index contributed by atoms with van der Waals surface area (Å²) in [4.78, 5) is 24.4. The molecule has 0 radical (unpaired) electrons. The van der Waals surface area contributed by atoms with Gasteiger partial charge in [0.2, 0.25) is 0 Å². The lowest BCUT2D eigenvalue weighted by molar-refractivity contribution is -0.176. The van der Waals surface area contributed by atoms with Crippen LogP contribution in [0.4, 0.5) is 13.2 Å². The van der Waals surface area contributed by atoms with E-state index < -0.39 is 57.8 Å². The Labute approximate surface area is 164 Å². The summed E-state index contributed by atoms with van der Waals surface area (Å²) >= 11 is 6.14. The van der Waals surface area contributed by atoms with E-state index in [0.29, 0.717) is 6.42 Å². The van der Waals surface area contributed by atoms with Gasteiger partial charge in [0.1, 0.15) is 18.3 Å². The van der Waals surface area contributed by atoms with Gasteiger partial charge < -0.3 is 9.84 Å². The average molecular weight is 443 g/mol. The van der Waals surface area contributed by atoms with Crippen molar-refractivity contribution in [2.45, 2.75) is 43.0 Å². The van der Waals surface area contributed by atoms with Crippen molar-refractivity contribution in [3.8, 4) is 0 Å². The molecule has 1 aliphatic rings. The van der Waals surface area contributed by atoms with Gasteiger partial charge in [0, 0.05) is 23.8 Å². The number of halogens is 4. The Morgan fingerprint density at radius 1 is 1.36 bits per heavy atom. The second kappa shape index (κ2) is 8.48. The minimum absolute atomic E-state index is 0.105. The van der Waals surface area contributed by atoms with Crippen LogP contribution in [0, 0.1) is 5.92 Å². The molecule has 0 heterocycles. The molecule has 1 fully saturated rings. The summed E-state index contributed by atoms with van der Waals surface area (Å²) < 4.78 is 65.4. The lowest BCUT2D eigenvalue weighted by Gasteiger charge is -2.26. The van der Waals surface area contributed by atoms with Gasteiger partial charge in [0.05, 0.1) is 22.6 Å². The summed E-state index contributed by atoms with van der Waals surface area (Å²) in [6, 6.07) is 2.11. The maximum absolute atomic E-state index is 12.8. The number of Topliss-reactive ketones (excluding diaryl/α,β-unsaturated/α-hetero) is 2. The van der Waals surface area contributed by atoms with Crippen molar-refractivity contribution in [1.82, 2.24) is 0 Å². The van der Waals surface area contributed by atoms with E-state index in [1.54, 1.807) is 0 Å². The molecule has 0 amide bonds. The van der Waals surface area contributed by atoms with Gasteiger partial charge in [-0.05, 0) is 25.0 Å². The maximum Gasteiger partial charge on any atom is 0.411 e. The monoisotopic (exact) mass is 442 g/mol. The molecule has 0 aliphatic heterocycles. The van der Waals surface area contributed by atoms with Crippen molar-refractivity contribution in [2.24, 2.45) is 5.92 Å². The van der Waals surface area contributed by atoms with Gasteiger partial charge in [-0.15, -0.1) is 0 Å². The average Bonchev–Trinajstić information content (AvgIpc) is 2.53. The van der Waals surface area contributed by atoms with Gasteiger partial charge in [-0.25, -0.2) is 8.42 Å². The van der Waals surface area contributed by atoms with Gasteiger partial charge in [0.15, 0.2) is 15.6 Å². The zero-order valence-electron chi connectivity index (χ0n) is 14.8. The molecule has 1 saturated carbocycles. The van der Waals surface area contributed by atoms with Crippen LogP contribution in [0.2, 0.25) is 5.02 Å². The summed E-state index contributed by atoms with van der Waals surface area (Å²) in [5.41, 5.74) is -0.559. The van der Waals surface area contributed by atoms with Crippen LogP contribution in [0.3, 0.4) is 0 Å². The number of ether oxygens (including phenoxy) is 1. The second-order valence-corrected chi connectivity index (χ2v) is 8.91. The fraction of sp³-hybridized carbons (Fsp3) is 0.529. The van der Waals surface area contributed by atoms with Crippen molar-refractivity contribution < 1.29 is 41.0 Å². The van der Waals surface area contributed by atoms with Crippen LogP contribution >= 0.6 is 11.6 Å². The predicted octanol–water partition coefficient (Wildman–Crippen LogP) is 2.74. The Kier molecular flexibility index (Phi) is 6.90. The van der Waals surface area contributed by atoms with Crippen LogP contribution in [-0.4, -0.2) is 50.2 Å². The van der Waals surface area contributed by atoms with E-state index >= 15 is 0 Å². The van der Waals surface area contributed by atoms with Crippen LogP contribution in [0.25, 0.3) is 0 Å². The smallest absolute Gasteiger partial charge is 0.392 e. The molecule has 2 unspecified atom stereocenters. The number of hydrogen-bond donors (Lipinski definition) is 1. The molecule has 1 N–H and O–H groups in total. The first-order chi connectivity index (χ1) is 12.8. The molecule has 6 nitrogen and oxygen atoms in total. The number of hydrogen-bond acceptors (Lipinski definition) is 6. The molecule has 1 aromatic carbocycles. The third-order valence-corrected chi connectivity index (χ3v) is 5.93. The van der Waals surface area contributed by atoms with Crippen LogP contribution in [0.15, 0.2) is 17.0 Å². The maximum atomic E-state index is 12.8. The third-order valence-electron chi connectivity index (χ3n) is 4.31. The Hall–Kier alpha value is -1.49. The zero-order valence-corrected chi connectivity index (χ0v) is 16.3. The van der Waals surface area contributed by atoms with E-state index in [9.17, 15) is 36.3 Å². The SMILES string of the molecule is CS(=O)(=O)c1ccc(C(=O)C2C(=O)CCCC2O)c(Cl)c1COCC(F)(F)F. The molecule has 1 aromatic rings. The van der Waals surface area contributed by atoms with E-state index in [1.807, 2.05) is 0 Å². The number of benzene rings is 1. The highest BCUT2D eigenvalue weighted by Crippen LogP contribution is 2.33. The lowest BCUT2D eigenvalue weighted by atomic mass is 9.80. The van der Waals surface area contributed by atoms with Crippen molar-refractivity contribution in [2.75, 3.05) is 12.9 Å². The molecule has 0 saturated heterocycles. The molecule has 2 rings (SSSR count). The molecule has 0 aromatic heterocycles. The van der Waals surface area contributed by atoms with Crippen LogP contribution in [0.1, 0.15) is 35.2 Å². The van der Waals surface area contributed by atoms with E-state index in [1.165, 1.54) is 0 Å². The third kappa shape index (κ3) is 5.31. The van der Waals surface area contributed by atoms with Crippen molar-refractivity contribution >= 4 is 33.0 Å². The lowest BCUT2D eigenvalue weighted by Crippen LogP contribution is -2.38. The quantitative estimate of drug-likeness (QED) is 0.537. The molecular weight excluding hydrogens is 425 g/mol. The Morgan fingerprint density at radius 2 is 2.00 bits per heavy atom. The van der Waals surface area contributed by atoms with Crippen molar-refractivity contribution in [1.29, 1.82) is 0 Å².